The molecule has 208 valence electrons. The lowest BCUT2D eigenvalue weighted by atomic mass is 10.1. The summed E-state index contributed by atoms with van der Waals surface area (Å²) >= 11 is 0. The number of benzene rings is 2. The van der Waals surface area contributed by atoms with Gasteiger partial charge < -0.3 is 14.4 Å². The summed E-state index contributed by atoms with van der Waals surface area (Å²) in [5.74, 6) is 2.15. The van der Waals surface area contributed by atoms with Crippen molar-refractivity contribution in [3.63, 3.8) is 0 Å². The smallest absolute Gasteiger partial charge is 0.164 e. The zero-order valence-corrected chi connectivity index (χ0v) is 23.2. The first-order valence-corrected chi connectivity index (χ1v) is 14.0. The predicted molar refractivity (Wildman–Crippen MR) is 158 cm³/mol. The molecular weight excluding hydrogens is 504 g/mol. The van der Waals surface area contributed by atoms with E-state index in [-0.39, 0.29) is 0 Å². The molecule has 4 aromatic rings. The number of nitrogens with zero attached hydrogens (tertiary/aromatic N) is 7. The standard InChI is InChI=1S/C30H36N8O2/c1-22-4-3-5-23(18-22)21-31-34-28-20-29(38-12-16-40-17-13-38)33-30(32-28)24-6-7-25-26(35-36(2)27(25)19-24)8-9-37-10-14-39-15-11-37/h3-7,18-21H,8-17H2,1-2H3,(H,32,33,34)/b31-21+. The first-order chi connectivity index (χ1) is 19.6. The second-order valence-electron chi connectivity index (χ2n) is 10.3. The average molecular weight is 541 g/mol. The number of nitrogens with one attached hydrogen (secondary N) is 1. The van der Waals surface area contributed by atoms with E-state index in [9.17, 15) is 0 Å². The van der Waals surface area contributed by atoms with Crippen molar-refractivity contribution in [2.75, 3.05) is 69.5 Å². The number of ether oxygens (including phenoxy) is 2. The van der Waals surface area contributed by atoms with Crippen molar-refractivity contribution >= 4 is 28.8 Å². The van der Waals surface area contributed by atoms with Crippen molar-refractivity contribution in [1.29, 1.82) is 0 Å². The molecule has 2 aromatic carbocycles. The van der Waals surface area contributed by atoms with Crippen LogP contribution in [0.4, 0.5) is 11.6 Å². The van der Waals surface area contributed by atoms with Gasteiger partial charge in [0, 0.05) is 63.2 Å². The van der Waals surface area contributed by atoms with Crippen LogP contribution < -0.4 is 10.3 Å². The molecule has 40 heavy (non-hydrogen) atoms. The van der Waals surface area contributed by atoms with E-state index in [1.54, 1.807) is 0 Å². The fraction of sp³-hybridized carbons (Fsp3) is 0.400. The Labute approximate surface area is 234 Å². The molecule has 2 aromatic heterocycles. The van der Waals surface area contributed by atoms with Crippen LogP contribution in [0.5, 0.6) is 0 Å². The molecule has 0 saturated carbocycles. The number of aryl methyl sites for hydroxylation is 2. The van der Waals surface area contributed by atoms with Crippen molar-refractivity contribution < 1.29 is 9.47 Å². The number of hydrogen-bond donors (Lipinski definition) is 1. The molecule has 10 nitrogen and oxygen atoms in total. The second-order valence-corrected chi connectivity index (χ2v) is 10.3. The van der Waals surface area contributed by atoms with Crippen LogP contribution in [0.25, 0.3) is 22.3 Å². The number of hydrogen-bond acceptors (Lipinski definition) is 9. The lowest BCUT2D eigenvalue weighted by molar-refractivity contribution is 0.0383. The Bertz CT molecular complexity index is 1490. The summed E-state index contributed by atoms with van der Waals surface area (Å²) in [7, 11) is 2.00. The van der Waals surface area contributed by atoms with Gasteiger partial charge in [-0.3, -0.25) is 15.0 Å². The average Bonchev–Trinajstić information content (AvgIpc) is 3.31. The lowest BCUT2D eigenvalue weighted by Crippen LogP contribution is -2.37. The maximum atomic E-state index is 5.57. The number of fused-ring (bicyclic) bond motifs is 1. The van der Waals surface area contributed by atoms with Crippen LogP contribution >= 0.6 is 0 Å². The van der Waals surface area contributed by atoms with Gasteiger partial charge in [-0.25, -0.2) is 9.97 Å². The summed E-state index contributed by atoms with van der Waals surface area (Å²) in [6.45, 7) is 9.58. The highest BCUT2D eigenvalue weighted by molar-refractivity contribution is 5.86. The Morgan fingerprint density at radius 2 is 1.75 bits per heavy atom. The molecule has 6 rings (SSSR count). The Morgan fingerprint density at radius 1 is 0.950 bits per heavy atom. The van der Waals surface area contributed by atoms with Gasteiger partial charge in [0.25, 0.3) is 0 Å². The lowest BCUT2D eigenvalue weighted by Gasteiger charge is -2.28. The molecule has 10 heteroatoms. The molecule has 0 unspecified atom stereocenters. The fourth-order valence-electron chi connectivity index (χ4n) is 5.24. The van der Waals surface area contributed by atoms with E-state index >= 15 is 0 Å². The monoisotopic (exact) mass is 540 g/mol. The van der Waals surface area contributed by atoms with Gasteiger partial charge in [0.15, 0.2) is 11.6 Å². The molecule has 0 spiro atoms. The topological polar surface area (TPSA) is 92.9 Å². The minimum atomic E-state index is 0.645. The van der Waals surface area contributed by atoms with Crippen LogP contribution in [0.1, 0.15) is 16.8 Å². The highest BCUT2D eigenvalue weighted by Crippen LogP contribution is 2.28. The van der Waals surface area contributed by atoms with Gasteiger partial charge in [0.2, 0.25) is 0 Å². The Kier molecular flexibility index (Phi) is 7.99. The summed E-state index contributed by atoms with van der Waals surface area (Å²) in [6, 6.07) is 16.6. The van der Waals surface area contributed by atoms with Gasteiger partial charge in [0.1, 0.15) is 5.82 Å². The van der Waals surface area contributed by atoms with Crippen LogP contribution in [-0.2, 0) is 22.9 Å². The molecule has 2 aliphatic rings. The van der Waals surface area contributed by atoms with Crippen molar-refractivity contribution in [2.45, 2.75) is 13.3 Å². The second kappa shape index (κ2) is 12.1. The number of anilines is 2. The third-order valence-corrected chi connectivity index (χ3v) is 7.44. The van der Waals surface area contributed by atoms with Crippen molar-refractivity contribution in [1.82, 2.24) is 24.6 Å². The zero-order valence-electron chi connectivity index (χ0n) is 23.2. The van der Waals surface area contributed by atoms with Crippen LogP contribution in [0.15, 0.2) is 53.6 Å². The molecule has 0 bridgehead atoms. The number of morpholine rings is 2. The highest BCUT2D eigenvalue weighted by atomic mass is 16.5. The Morgan fingerprint density at radius 3 is 2.55 bits per heavy atom. The fourth-order valence-corrected chi connectivity index (χ4v) is 5.24. The molecule has 1 N–H and O–H groups in total. The van der Waals surface area contributed by atoms with Crippen LogP contribution in [-0.4, -0.2) is 90.0 Å². The van der Waals surface area contributed by atoms with E-state index < -0.39 is 0 Å². The third-order valence-electron chi connectivity index (χ3n) is 7.44. The van der Waals surface area contributed by atoms with Crippen LogP contribution in [0.2, 0.25) is 0 Å². The Hall–Kier alpha value is -3.86. The number of rotatable bonds is 8. The molecule has 0 radical (unpaired) electrons. The molecule has 0 atom stereocenters. The van der Waals surface area contributed by atoms with Gasteiger partial charge in [-0.15, -0.1) is 0 Å². The Balaban J connectivity index is 1.28. The third kappa shape index (κ3) is 6.14. The van der Waals surface area contributed by atoms with Crippen LogP contribution in [0, 0.1) is 6.92 Å². The van der Waals surface area contributed by atoms with Crippen LogP contribution in [0.3, 0.4) is 0 Å². The zero-order chi connectivity index (χ0) is 27.3. The summed E-state index contributed by atoms with van der Waals surface area (Å²) in [6.07, 6.45) is 2.72. The summed E-state index contributed by atoms with van der Waals surface area (Å²) in [4.78, 5) is 14.5. The SMILES string of the molecule is Cc1cccc(/C=N/Nc2cc(N3CCOCC3)nc(-c3ccc4c(CCN5CCOCC5)nn(C)c4c3)n2)c1. The van der Waals surface area contributed by atoms with Crippen molar-refractivity contribution in [3.05, 3.63) is 65.4 Å². The molecule has 2 saturated heterocycles. The molecular formula is C30H36N8O2. The molecule has 2 aliphatic heterocycles. The number of aromatic nitrogens is 4. The number of hydrazone groups is 1. The normalized spacial score (nSPS) is 16.7. The predicted octanol–water partition coefficient (Wildman–Crippen LogP) is 3.50. The van der Waals surface area contributed by atoms with E-state index in [1.165, 1.54) is 10.9 Å². The molecule has 4 heterocycles. The molecule has 0 aliphatic carbocycles. The first kappa shape index (κ1) is 26.4. The maximum absolute atomic E-state index is 5.57. The van der Waals surface area contributed by atoms with Crippen molar-refractivity contribution in [3.8, 4) is 11.4 Å². The van der Waals surface area contributed by atoms with Gasteiger partial charge >= 0.3 is 0 Å². The van der Waals surface area contributed by atoms with Crippen molar-refractivity contribution in [2.24, 2.45) is 12.1 Å². The summed E-state index contributed by atoms with van der Waals surface area (Å²) < 4.78 is 13.0. The quantitative estimate of drug-likeness (QED) is 0.268. The maximum Gasteiger partial charge on any atom is 0.164 e. The van der Waals surface area contributed by atoms with Gasteiger partial charge in [-0.1, -0.05) is 42.0 Å². The summed E-state index contributed by atoms with van der Waals surface area (Å²) in [5.41, 5.74) is 8.48. The van der Waals surface area contributed by atoms with Gasteiger partial charge in [0.05, 0.1) is 43.9 Å². The minimum Gasteiger partial charge on any atom is -0.379 e. The van der Waals surface area contributed by atoms with E-state index in [0.717, 1.165) is 80.5 Å². The summed E-state index contributed by atoms with van der Waals surface area (Å²) in [5, 5.41) is 10.5. The van der Waals surface area contributed by atoms with E-state index in [4.69, 9.17) is 24.5 Å². The van der Waals surface area contributed by atoms with Gasteiger partial charge in [-0.2, -0.15) is 10.2 Å². The first-order valence-electron chi connectivity index (χ1n) is 14.0. The minimum absolute atomic E-state index is 0.645. The largest absolute Gasteiger partial charge is 0.379 e. The molecule has 2 fully saturated rings. The van der Waals surface area contributed by atoms with E-state index in [1.807, 2.05) is 36.1 Å². The molecule has 0 amide bonds. The van der Waals surface area contributed by atoms with E-state index in [0.29, 0.717) is 24.9 Å². The van der Waals surface area contributed by atoms with Gasteiger partial charge in [-0.05, 0) is 18.6 Å². The van der Waals surface area contributed by atoms with E-state index in [2.05, 4.69) is 57.6 Å². The highest BCUT2D eigenvalue weighted by Gasteiger charge is 2.18.